The summed E-state index contributed by atoms with van der Waals surface area (Å²) in [5.41, 5.74) is 3.72. The standard InChI is InChI=1S/C13H23N3O/c1-10-13(8-14-3)11(2)16(15-10)9-12-6-4-5-7-17-12/h12,14H,4-9H2,1-3H3. The molecule has 4 nitrogen and oxygen atoms in total. The van der Waals surface area contributed by atoms with Crippen LogP contribution in [0.4, 0.5) is 0 Å². The summed E-state index contributed by atoms with van der Waals surface area (Å²) in [7, 11) is 1.97. The number of hydrogen-bond acceptors (Lipinski definition) is 3. The molecule has 1 aliphatic rings. The fourth-order valence-corrected chi connectivity index (χ4v) is 2.49. The summed E-state index contributed by atoms with van der Waals surface area (Å²) in [6.07, 6.45) is 4.01. The SMILES string of the molecule is CNCc1c(C)nn(CC2CCCCO2)c1C. The Balaban J connectivity index is 2.07. The monoisotopic (exact) mass is 237 g/mol. The van der Waals surface area contributed by atoms with Crippen molar-refractivity contribution in [3.05, 3.63) is 17.0 Å². The van der Waals surface area contributed by atoms with Crippen LogP contribution in [-0.4, -0.2) is 29.5 Å². The second-order valence-corrected chi connectivity index (χ2v) is 4.85. The summed E-state index contributed by atoms with van der Waals surface area (Å²) < 4.78 is 7.88. The van der Waals surface area contributed by atoms with E-state index in [-0.39, 0.29) is 0 Å². The van der Waals surface area contributed by atoms with Gasteiger partial charge >= 0.3 is 0 Å². The number of hydrogen-bond donors (Lipinski definition) is 1. The molecule has 0 saturated carbocycles. The van der Waals surface area contributed by atoms with E-state index in [2.05, 4.69) is 28.9 Å². The third-order valence-corrected chi connectivity index (χ3v) is 3.54. The molecule has 1 saturated heterocycles. The van der Waals surface area contributed by atoms with E-state index in [1.54, 1.807) is 0 Å². The molecule has 0 radical (unpaired) electrons. The predicted octanol–water partition coefficient (Wildman–Crippen LogP) is 1.79. The molecule has 2 rings (SSSR count). The second kappa shape index (κ2) is 5.65. The first-order valence-corrected chi connectivity index (χ1v) is 6.51. The minimum Gasteiger partial charge on any atom is -0.376 e. The zero-order chi connectivity index (χ0) is 12.3. The molecule has 1 aromatic heterocycles. The highest BCUT2D eigenvalue weighted by atomic mass is 16.5. The predicted molar refractivity (Wildman–Crippen MR) is 68.1 cm³/mol. The Labute approximate surface area is 103 Å². The van der Waals surface area contributed by atoms with Crippen LogP contribution in [-0.2, 0) is 17.8 Å². The van der Waals surface area contributed by atoms with Crippen molar-refractivity contribution in [2.75, 3.05) is 13.7 Å². The molecule has 0 amide bonds. The van der Waals surface area contributed by atoms with Crippen molar-refractivity contribution in [1.82, 2.24) is 15.1 Å². The van der Waals surface area contributed by atoms with Crippen LogP contribution in [0, 0.1) is 13.8 Å². The van der Waals surface area contributed by atoms with Gasteiger partial charge in [-0.15, -0.1) is 0 Å². The minimum atomic E-state index is 0.351. The van der Waals surface area contributed by atoms with Crippen molar-refractivity contribution in [2.24, 2.45) is 0 Å². The summed E-state index contributed by atoms with van der Waals surface area (Å²) in [4.78, 5) is 0. The molecular formula is C13H23N3O. The van der Waals surface area contributed by atoms with Gasteiger partial charge in [0, 0.05) is 24.4 Å². The average molecular weight is 237 g/mol. The molecule has 0 aliphatic carbocycles. The van der Waals surface area contributed by atoms with Gasteiger partial charge in [0.05, 0.1) is 18.3 Å². The summed E-state index contributed by atoms with van der Waals surface area (Å²) in [6.45, 7) is 6.93. The first-order chi connectivity index (χ1) is 8.22. The van der Waals surface area contributed by atoms with Crippen LogP contribution in [0.3, 0.4) is 0 Å². The summed E-state index contributed by atoms with van der Waals surface area (Å²) in [5.74, 6) is 0. The van der Waals surface area contributed by atoms with Gasteiger partial charge in [0.2, 0.25) is 0 Å². The first kappa shape index (κ1) is 12.6. The lowest BCUT2D eigenvalue weighted by Gasteiger charge is -2.23. The van der Waals surface area contributed by atoms with Crippen LogP contribution < -0.4 is 5.32 Å². The molecule has 0 aromatic carbocycles. The fourth-order valence-electron chi connectivity index (χ4n) is 2.49. The molecule has 1 fully saturated rings. The summed E-state index contributed by atoms with van der Waals surface area (Å²) in [6, 6.07) is 0. The number of nitrogens with zero attached hydrogens (tertiary/aromatic N) is 2. The third-order valence-electron chi connectivity index (χ3n) is 3.54. The van der Waals surface area contributed by atoms with E-state index < -0.39 is 0 Å². The van der Waals surface area contributed by atoms with Crippen molar-refractivity contribution < 1.29 is 4.74 Å². The van der Waals surface area contributed by atoms with Gasteiger partial charge in [0.15, 0.2) is 0 Å². The van der Waals surface area contributed by atoms with E-state index in [0.717, 1.165) is 25.4 Å². The van der Waals surface area contributed by atoms with E-state index in [9.17, 15) is 0 Å². The van der Waals surface area contributed by atoms with Crippen LogP contribution in [0.2, 0.25) is 0 Å². The van der Waals surface area contributed by atoms with E-state index in [1.165, 1.54) is 30.5 Å². The Bertz CT molecular complexity index is 367. The van der Waals surface area contributed by atoms with Gasteiger partial charge in [-0.1, -0.05) is 0 Å². The zero-order valence-electron chi connectivity index (χ0n) is 11.1. The lowest BCUT2D eigenvalue weighted by atomic mass is 10.1. The quantitative estimate of drug-likeness (QED) is 0.867. The lowest BCUT2D eigenvalue weighted by molar-refractivity contribution is 0.00360. The molecule has 2 heterocycles. The summed E-state index contributed by atoms with van der Waals surface area (Å²) in [5, 5.41) is 7.82. The Kier molecular flexibility index (Phi) is 4.18. The van der Waals surface area contributed by atoms with Crippen LogP contribution in [0.15, 0.2) is 0 Å². The van der Waals surface area contributed by atoms with E-state index >= 15 is 0 Å². The molecule has 1 aromatic rings. The number of aromatic nitrogens is 2. The van der Waals surface area contributed by atoms with Crippen LogP contribution in [0.25, 0.3) is 0 Å². The van der Waals surface area contributed by atoms with Gasteiger partial charge < -0.3 is 10.1 Å². The van der Waals surface area contributed by atoms with Gasteiger partial charge in [-0.05, 0) is 40.2 Å². The van der Waals surface area contributed by atoms with Crippen molar-refractivity contribution in [3.63, 3.8) is 0 Å². The zero-order valence-corrected chi connectivity index (χ0v) is 11.1. The van der Waals surface area contributed by atoms with E-state index in [0.29, 0.717) is 6.10 Å². The molecule has 96 valence electrons. The molecule has 0 bridgehead atoms. The summed E-state index contributed by atoms with van der Waals surface area (Å²) >= 11 is 0. The molecule has 4 heteroatoms. The van der Waals surface area contributed by atoms with E-state index in [1.807, 2.05) is 7.05 Å². The Hall–Kier alpha value is -0.870. The minimum absolute atomic E-state index is 0.351. The molecular weight excluding hydrogens is 214 g/mol. The normalized spacial score (nSPS) is 20.8. The molecule has 0 spiro atoms. The van der Waals surface area contributed by atoms with Gasteiger partial charge in [0.1, 0.15) is 0 Å². The first-order valence-electron chi connectivity index (χ1n) is 6.51. The molecule has 1 atom stereocenters. The smallest absolute Gasteiger partial charge is 0.0771 e. The van der Waals surface area contributed by atoms with Crippen molar-refractivity contribution in [1.29, 1.82) is 0 Å². The number of rotatable bonds is 4. The van der Waals surface area contributed by atoms with Crippen molar-refractivity contribution in [3.8, 4) is 0 Å². The van der Waals surface area contributed by atoms with Crippen molar-refractivity contribution >= 4 is 0 Å². The Morgan fingerprint density at radius 2 is 2.24 bits per heavy atom. The van der Waals surface area contributed by atoms with Gasteiger partial charge in [-0.3, -0.25) is 4.68 Å². The third kappa shape index (κ3) is 2.87. The highest BCUT2D eigenvalue weighted by Gasteiger charge is 2.17. The molecule has 1 N–H and O–H groups in total. The Morgan fingerprint density at radius 1 is 1.41 bits per heavy atom. The lowest BCUT2D eigenvalue weighted by Crippen LogP contribution is -2.25. The Morgan fingerprint density at radius 3 is 2.88 bits per heavy atom. The van der Waals surface area contributed by atoms with Gasteiger partial charge in [0.25, 0.3) is 0 Å². The molecule has 1 aliphatic heterocycles. The topological polar surface area (TPSA) is 39.1 Å². The molecule has 17 heavy (non-hydrogen) atoms. The number of aryl methyl sites for hydroxylation is 1. The maximum absolute atomic E-state index is 5.77. The largest absolute Gasteiger partial charge is 0.376 e. The van der Waals surface area contributed by atoms with Gasteiger partial charge in [-0.2, -0.15) is 5.10 Å². The highest BCUT2D eigenvalue weighted by molar-refractivity contribution is 5.24. The second-order valence-electron chi connectivity index (χ2n) is 4.85. The average Bonchev–Trinajstić information content (AvgIpc) is 2.59. The molecule has 1 unspecified atom stereocenters. The van der Waals surface area contributed by atoms with Crippen LogP contribution >= 0.6 is 0 Å². The van der Waals surface area contributed by atoms with Crippen molar-refractivity contribution in [2.45, 2.75) is 52.3 Å². The highest BCUT2D eigenvalue weighted by Crippen LogP contribution is 2.18. The fraction of sp³-hybridized carbons (Fsp3) is 0.769. The van der Waals surface area contributed by atoms with E-state index in [4.69, 9.17) is 4.74 Å². The van der Waals surface area contributed by atoms with Crippen LogP contribution in [0.1, 0.15) is 36.2 Å². The maximum Gasteiger partial charge on any atom is 0.0771 e. The number of nitrogens with one attached hydrogen (secondary N) is 1. The van der Waals surface area contributed by atoms with Gasteiger partial charge in [-0.25, -0.2) is 0 Å². The number of ether oxygens (including phenoxy) is 1. The van der Waals surface area contributed by atoms with Crippen LogP contribution in [0.5, 0.6) is 0 Å². The maximum atomic E-state index is 5.77.